The van der Waals surface area contributed by atoms with Gasteiger partial charge < -0.3 is 14.6 Å². The fraction of sp³-hybridized carbons (Fsp3) is 0.400. The maximum atomic E-state index is 12.3. The predicted octanol–water partition coefficient (Wildman–Crippen LogP) is 6.95. The number of benzene rings is 3. The van der Waals surface area contributed by atoms with Crippen LogP contribution in [0.15, 0.2) is 79.0 Å². The number of carbonyl (C=O) groups is 1. The molecule has 0 radical (unpaired) electrons. The Morgan fingerprint density at radius 3 is 2.55 bits per heavy atom. The van der Waals surface area contributed by atoms with Crippen molar-refractivity contribution in [1.29, 1.82) is 0 Å². The summed E-state index contributed by atoms with van der Waals surface area (Å²) in [7, 11) is 0. The molecule has 0 bridgehead atoms. The van der Waals surface area contributed by atoms with E-state index in [2.05, 4.69) is 52.8 Å². The average molecular weight is 568 g/mol. The lowest BCUT2D eigenvalue weighted by Gasteiger charge is -2.31. The average Bonchev–Trinajstić information content (AvgIpc) is 3.64. The molecular weight excluding hydrogens is 526 g/mol. The minimum absolute atomic E-state index is 0.0141. The molecule has 3 aromatic carbocycles. The van der Waals surface area contributed by atoms with Crippen molar-refractivity contribution in [2.45, 2.75) is 78.0 Å². The first-order valence-electron chi connectivity index (χ1n) is 15.0. The van der Waals surface area contributed by atoms with E-state index >= 15 is 0 Å². The van der Waals surface area contributed by atoms with Crippen molar-refractivity contribution in [3.8, 4) is 5.75 Å². The third-order valence-electron chi connectivity index (χ3n) is 8.49. The number of rotatable bonds is 14. The molecule has 2 atom stereocenters. The molecule has 0 fully saturated rings. The highest BCUT2D eigenvalue weighted by molar-refractivity contribution is 5.75. The van der Waals surface area contributed by atoms with Crippen molar-refractivity contribution in [3.05, 3.63) is 113 Å². The second-order valence-electron chi connectivity index (χ2n) is 11.7. The van der Waals surface area contributed by atoms with Crippen molar-refractivity contribution >= 4 is 5.97 Å². The van der Waals surface area contributed by atoms with Crippen molar-refractivity contribution in [2.75, 3.05) is 6.61 Å². The molecule has 0 aliphatic heterocycles. The lowest BCUT2D eigenvalue weighted by molar-refractivity contribution is -0.148. The minimum Gasteiger partial charge on any atom is -0.493 e. The molecule has 0 saturated carbocycles. The van der Waals surface area contributed by atoms with Crippen LogP contribution in [0.1, 0.15) is 79.1 Å². The number of aryl methyl sites for hydroxylation is 3. The van der Waals surface area contributed by atoms with E-state index in [1.807, 2.05) is 57.3 Å². The largest absolute Gasteiger partial charge is 0.493 e. The summed E-state index contributed by atoms with van der Waals surface area (Å²) in [5.74, 6) is -0.122. The topological polar surface area (TPSA) is 86.5 Å². The Hall–Kier alpha value is -3.97. The highest BCUT2D eigenvalue weighted by Crippen LogP contribution is 2.43. The standard InChI is InChI=1S/C35H41N3O4/c1-4-38-23-29(36-37-38)15-18-32(35(2,3)34(39)40)28-13-12-27-14-19-33(31(27)22-28)42-24-26-10-16-30(17-11-26)41-21-20-25-8-6-5-7-9-25/h5-13,16-17,22-23,32-33H,4,14-15,18-21,24H2,1-3H3,(H,39,40). The molecule has 1 N–H and O–H groups in total. The lowest BCUT2D eigenvalue weighted by Crippen LogP contribution is -2.32. The highest BCUT2D eigenvalue weighted by Gasteiger charge is 2.38. The smallest absolute Gasteiger partial charge is 0.309 e. The molecule has 42 heavy (non-hydrogen) atoms. The predicted molar refractivity (Wildman–Crippen MR) is 163 cm³/mol. The van der Waals surface area contributed by atoms with Gasteiger partial charge in [-0.1, -0.05) is 65.9 Å². The molecule has 7 nitrogen and oxygen atoms in total. The number of carboxylic acid groups (broad SMARTS) is 1. The summed E-state index contributed by atoms with van der Waals surface area (Å²) < 4.78 is 14.2. The third kappa shape index (κ3) is 7.08. The summed E-state index contributed by atoms with van der Waals surface area (Å²) in [6.45, 7) is 7.57. The van der Waals surface area contributed by atoms with Crippen molar-refractivity contribution in [1.82, 2.24) is 15.0 Å². The van der Waals surface area contributed by atoms with Crippen LogP contribution in [0.25, 0.3) is 0 Å². The SMILES string of the molecule is CCn1cc(CCC(c2ccc3c(c2)C(OCc2ccc(OCCc4ccccc4)cc2)CC3)C(C)(C)C(=O)O)nn1. The van der Waals surface area contributed by atoms with Gasteiger partial charge in [-0.05, 0) is 92.3 Å². The Balaban J connectivity index is 1.22. The van der Waals surface area contributed by atoms with Crippen LogP contribution in [0.4, 0.5) is 0 Å². The van der Waals surface area contributed by atoms with Crippen LogP contribution in [0, 0.1) is 5.41 Å². The van der Waals surface area contributed by atoms with Crippen molar-refractivity contribution < 1.29 is 19.4 Å². The Kier molecular flexibility index (Phi) is 9.38. The Bertz CT molecular complexity index is 1460. The Morgan fingerprint density at radius 2 is 1.83 bits per heavy atom. The van der Waals surface area contributed by atoms with E-state index in [4.69, 9.17) is 9.47 Å². The number of fused-ring (bicyclic) bond motifs is 1. The number of carboxylic acids is 1. The van der Waals surface area contributed by atoms with E-state index in [0.29, 0.717) is 26.1 Å². The van der Waals surface area contributed by atoms with Gasteiger partial charge in [-0.2, -0.15) is 0 Å². The summed E-state index contributed by atoms with van der Waals surface area (Å²) in [4.78, 5) is 12.3. The Labute approximate surface area is 248 Å². The molecule has 0 amide bonds. The fourth-order valence-electron chi connectivity index (χ4n) is 5.78. The molecule has 4 aromatic rings. The van der Waals surface area contributed by atoms with Crippen LogP contribution in [0.3, 0.4) is 0 Å². The number of nitrogens with zero attached hydrogens (tertiary/aromatic N) is 3. The Morgan fingerprint density at radius 1 is 1.05 bits per heavy atom. The van der Waals surface area contributed by atoms with E-state index in [1.54, 1.807) is 4.68 Å². The van der Waals surface area contributed by atoms with Gasteiger partial charge in [0.15, 0.2) is 0 Å². The highest BCUT2D eigenvalue weighted by atomic mass is 16.5. The van der Waals surface area contributed by atoms with Gasteiger partial charge in [0.2, 0.25) is 0 Å². The number of hydrogen-bond acceptors (Lipinski definition) is 5. The molecule has 1 aromatic heterocycles. The molecule has 2 unspecified atom stereocenters. The van der Waals surface area contributed by atoms with E-state index < -0.39 is 11.4 Å². The first-order valence-corrected chi connectivity index (χ1v) is 15.0. The van der Waals surface area contributed by atoms with Crippen LogP contribution in [-0.2, 0) is 41.9 Å². The lowest BCUT2D eigenvalue weighted by atomic mass is 9.72. The van der Waals surface area contributed by atoms with Gasteiger partial charge in [-0.15, -0.1) is 5.10 Å². The van der Waals surface area contributed by atoms with Crippen LogP contribution < -0.4 is 4.74 Å². The third-order valence-corrected chi connectivity index (χ3v) is 8.49. The van der Waals surface area contributed by atoms with E-state index in [-0.39, 0.29) is 12.0 Å². The van der Waals surface area contributed by atoms with Gasteiger partial charge >= 0.3 is 5.97 Å². The van der Waals surface area contributed by atoms with Crippen LogP contribution >= 0.6 is 0 Å². The summed E-state index contributed by atoms with van der Waals surface area (Å²) in [6.07, 6.45) is 6.03. The van der Waals surface area contributed by atoms with Crippen LogP contribution in [0.5, 0.6) is 5.75 Å². The maximum absolute atomic E-state index is 12.3. The molecule has 220 valence electrons. The van der Waals surface area contributed by atoms with Gasteiger partial charge in [0.1, 0.15) is 5.75 Å². The van der Waals surface area contributed by atoms with Crippen LogP contribution in [-0.4, -0.2) is 32.7 Å². The van der Waals surface area contributed by atoms with Gasteiger partial charge in [-0.25, -0.2) is 0 Å². The molecule has 1 aliphatic rings. The zero-order chi connectivity index (χ0) is 29.5. The normalized spacial score (nSPS) is 15.4. The quantitative estimate of drug-likeness (QED) is 0.177. The minimum atomic E-state index is -0.936. The number of ether oxygens (including phenoxy) is 2. The van der Waals surface area contributed by atoms with E-state index in [1.165, 1.54) is 16.7 Å². The zero-order valence-corrected chi connectivity index (χ0v) is 24.8. The second kappa shape index (κ2) is 13.3. The summed E-state index contributed by atoms with van der Waals surface area (Å²) >= 11 is 0. The molecule has 0 saturated heterocycles. The van der Waals surface area contributed by atoms with E-state index in [9.17, 15) is 9.90 Å². The number of aromatic nitrogens is 3. The van der Waals surface area contributed by atoms with Gasteiger partial charge in [-0.3, -0.25) is 9.48 Å². The van der Waals surface area contributed by atoms with Gasteiger partial charge in [0.05, 0.1) is 30.4 Å². The van der Waals surface area contributed by atoms with Crippen LogP contribution in [0.2, 0.25) is 0 Å². The summed E-state index contributed by atoms with van der Waals surface area (Å²) in [6, 6.07) is 24.9. The number of aliphatic carboxylic acids is 1. The molecule has 5 rings (SSSR count). The first-order chi connectivity index (χ1) is 20.3. The second-order valence-corrected chi connectivity index (χ2v) is 11.7. The van der Waals surface area contributed by atoms with Gasteiger partial charge in [0, 0.05) is 19.2 Å². The van der Waals surface area contributed by atoms with Gasteiger partial charge in [0.25, 0.3) is 0 Å². The number of hydrogen-bond donors (Lipinski definition) is 1. The summed E-state index contributed by atoms with van der Waals surface area (Å²) in [5, 5.41) is 18.5. The monoisotopic (exact) mass is 567 g/mol. The molecule has 0 spiro atoms. The molecular formula is C35H41N3O4. The first kappa shape index (κ1) is 29.5. The molecule has 1 aliphatic carbocycles. The summed E-state index contributed by atoms with van der Waals surface area (Å²) in [5.41, 5.74) is 5.81. The van der Waals surface area contributed by atoms with Crippen molar-refractivity contribution in [2.24, 2.45) is 5.41 Å². The maximum Gasteiger partial charge on any atom is 0.309 e. The fourth-order valence-corrected chi connectivity index (χ4v) is 5.78. The van der Waals surface area contributed by atoms with E-state index in [0.717, 1.165) is 48.4 Å². The molecule has 7 heteroatoms. The zero-order valence-electron chi connectivity index (χ0n) is 24.8. The molecule has 1 heterocycles. The van der Waals surface area contributed by atoms with Crippen molar-refractivity contribution in [3.63, 3.8) is 0 Å².